The third-order valence-corrected chi connectivity index (χ3v) is 5.40. The molecule has 4 rings (SSSR count). The van der Waals surface area contributed by atoms with Crippen molar-refractivity contribution in [3.63, 3.8) is 0 Å². The molecule has 2 aromatic rings. The number of carbonyl (C=O) groups is 1. The van der Waals surface area contributed by atoms with Gasteiger partial charge < -0.3 is 10.2 Å². The highest BCUT2D eigenvalue weighted by Crippen LogP contribution is 2.31. The summed E-state index contributed by atoms with van der Waals surface area (Å²) < 4.78 is 1.68. The van der Waals surface area contributed by atoms with E-state index >= 15 is 0 Å². The maximum Gasteiger partial charge on any atom is 0.254 e. The Labute approximate surface area is 148 Å². The molecule has 6 nitrogen and oxygen atoms in total. The second-order valence-electron chi connectivity index (χ2n) is 6.70. The molecule has 24 heavy (non-hydrogen) atoms. The Hall–Kier alpha value is -1.66. The number of rotatable bonds is 2. The summed E-state index contributed by atoms with van der Waals surface area (Å²) in [7, 11) is 0. The average Bonchev–Trinajstić information content (AvgIpc) is 3.10. The van der Waals surface area contributed by atoms with Crippen LogP contribution in [0.2, 0.25) is 0 Å². The van der Waals surface area contributed by atoms with Gasteiger partial charge in [0.1, 0.15) is 6.33 Å². The smallest absolute Gasteiger partial charge is 0.254 e. The van der Waals surface area contributed by atoms with Gasteiger partial charge in [0.15, 0.2) is 5.65 Å². The minimum atomic E-state index is 0. The van der Waals surface area contributed by atoms with E-state index in [0.717, 1.165) is 56.5 Å². The van der Waals surface area contributed by atoms with Crippen molar-refractivity contribution in [2.75, 3.05) is 26.2 Å². The maximum absolute atomic E-state index is 12.7. The summed E-state index contributed by atoms with van der Waals surface area (Å²) in [6.45, 7) is 4.07. The van der Waals surface area contributed by atoms with Crippen LogP contribution in [0.15, 0.2) is 24.7 Å². The molecule has 4 heterocycles. The number of likely N-dealkylation sites (tertiary alicyclic amines) is 1. The zero-order chi connectivity index (χ0) is 15.6. The van der Waals surface area contributed by atoms with Crippen LogP contribution in [0, 0.1) is 11.8 Å². The van der Waals surface area contributed by atoms with E-state index in [1.165, 1.54) is 19.2 Å². The van der Waals surface area contributed by atoms with Crippen molar-refractivity contribution in [3.8, 4) is 0 Å². The Kier molecular flexibility index (Phi) is 5.36. The lowest BCUT2D eigenvalue weighted by Crippen LogP contribution is -2.42. The quantitative estimate of drug-likeness (QED) is 0.900. The van der Waals surface area contributed by atoms with E-state index in [0.29, 0.717) is 5.56 Å². The predicted octanol–water partition coefficient (Wildman–Crippen LogP) is 2.00. The molecule has 0 radical (unpaired) electrons. The molecular weight excluding hydrogens is 326 g/mol. The van der Waals surface area contributed by atoms with Crippen LogP contribution in [-0.2, 0) is 0 Å². The fourth-order valence-corrected chi connectivity index (χ4v) is 4.02. The molecule has 2 saturated heterocycles. The molecule has 2 aromatic heterocycles. The van der Waals surface area contributed by atoms with E-state index in [4.69, 9.17) is 0 Å². The van der Waals surface area contributed by atoms with Gasteiger partial charge in [0.2, 0.25) is 0 Å². The van der Waals surface area contributed by atoms with Crippen molar-refractivity contribution in [2.24, 2.45) is 11.8 Å². The van der Waals surface area contributed by atoms with Gasteiger partial charge in [-0.25, -0.2) is 9.50 Å². The lowest BCUT2D eigenvalue weighted by Gasteiger charge is -2.37. The minimum absolute atomic E-state index is 0. The monoisotopic (exact) mass is 349 g/mol. The Balaban J connectivity index is 0.00000169. The Morgan fingerprint density at radius 2 is 1.83 bits per heavy atom. The number of halogens is 1. The molecule has 0 saturated carbocycles. The van der Waals surface area contributed by atoms with Crippen molar-refractivity contribution in [1.82, 2.24) is 24.8 Å². The number of hydrogen-bond donors (Lipinski definition) is 1. The fourth-order valence-electron chi connectivity index (χ4n) is 4.02. The van der Waals surface area contributed by atoms with Gasteiger partial charge in [-0.15, -0.1) is 12.4 Å². The number of aromatic nitrogens is 3. The molecule has 7 heteroatoms. The Morgan fingerprint density at radius 1 is 1.12 bits per heavy atom. The standard InChI is InChI=1S/C17H23N5O.ClH/c23-17(15-5-10-22-16(11-15)19-12-20-22)21-8-3-14(4-9-21)13-1-6-18-7-2-13;/h5,10-14,18H,1-4,6-9H2;1H. The van der Waals surface area contributed by atoms with Gasteiger partial charge in [-0.05, 0) is 62.7 Å². The second kappa shape index (κ2) is 7.49. The molecule has 2 aliphatic rings. The highest BCUT2D eigenvalue weighted by atomic mass is 35.5. The molecule has 1 N–H and O–H groups in total. The molecule has 0 spiro atoms. The molecule has 0 aromatic carbocycles. The number of fused-ring (bicyclic) bond motifs is 1. The number of pyridine rings is 1. The average molecular weight is 350 g/mol. The highest BCUT2D eigenvalue weighted by molar-refractivity contribution is 5.95. The van der Waals surface area contributed by atoms with Crippen molar-refractivity contribution in [1.29, 1.82) is 0 Å². The molecule has 2 aliphatic heterocycles. The topological polar surface area (TPSA) is 62.5 Å². The lowest BCUT2D eigenvalue weighted by molar-refractivity contribution is 0.0642. The van der Waals surface area contributed by atoms with Gasteiger partial charge in [-0.3, -0.25) is 4.79 Å². The summed E-state index contributed by atoms with van der Waals surface area (Å²) in [5, 5.41) is 7.51. The first-order chi connectivity index (χ1) is 11.3. The third-order valence-electron chi connectivity index (χ3n) is 5.40. The Bertz CT molecular complexity index is 689. The maximum atomic E-state index is 12.7. The molecule has 2 fully saturated rings. The van der Waals surface area contributed by atoms with Gasteiger partial charge in [-0.2, -0.15) is 5.10 Å². The summed E-state index contributed by atoms with van der Waals surface area (Å²) >= 11 is 0. The summed E-state index contributed by atoms with van der Waals surface area (Å²) in [6, 6.07) is 3.66. The summed E-state index contributed by atoms with van der Waals surface area (Å²) in [6.07, 6.45) is 8.18. The number of nitrogens with one attached hydrogen (secondary N) is 1. The van der Waals surface area contributed by atoms with Crippen molar-refractivity contribution >= 4 is 24.0 Å². The van der Waals surface area contributed by atoms with E-state index in [9.17, 15) is 4.79 Å². The van der Waals surface area contributed by atoms with Gasteiger partial charge in [0.05, 0.1) is 0 Å². The first-order valence-electron chi connectivity index (χ1n) is 8.60. The van der Waals surface area contributed by atoms with E-state index < -0.39 is 0 Å². The molecule has 0 aliphatic carbocycles. The van der Waals surface area contributed by atoms with Crippen LogP contribution in [0.5, 0.6) is 0 Å². The van der Waals surface area contributed by atoms with E-state index in [1.807, 2.05) is 17.0 Å². The van der Waals surface area contributed by atoms with Gasteiger partial charge in [0.25, 0.3) is 5.91 Å². The van der Waals surface area contributed by atoms with Crippen LogP contribution < -0.4 is 5.32 Å². The van der Waals surface area contributed by atoms with Gasteiger partial charge >= 0.3 is 0 Å². The zero-order valence-corrected chi connectivity index (χ0v) is 14.5. The number of carbonyl (C=O) groups excluding carboxylic acids is 1. The molecule has 0 atom stereocenters. The molecular formula is C17H24ClN5O. The minimum Gasteiger partial charge on any atom is -0.339 e. The summed E-state index contributed by atoms with van der Waals surface area (Å²) in [5.74, 6) is 1.76. The first-order valence-corrected chi connectivity index (χ1v) is 8.60. The van der Waals surface area contributed by atoms with Gasteiger partial charge in [0, 0.05) is 24.8 Å². The van der Waals surface area contributed by atoms with Crippen LogP contribution in [0.4, 0.5) is 0 Å². The summed E-state index contributed by atoms with van der Waals surface area (Å²) in [5.41, 5.74) is 1.44. The van der Waals surface area contributed by atoms with Crippen LogP contribution in [0.25, 0.3) is 5.65 Å². The van der Waals surface area contributed by atoms with Crippen LogP contribution in [-0.4, -0.2) is 51.6 Å². The van der Waals surface area contributed by atoms with E-state index in [-0.39, 0.29) is 18.3 Å². The Morgan fingerprint density at radius 3 is 2.58 bits per heavy atom. The van der Waals surface area contributed by atoms with Crippen LogP contribution in [0.3, 0.4) is 0 Å². The van der Waals surface area contributed by atoms with Crippen molar-refractivity contribution in [3.05, 3.63) is 30.2 Å². The number of nitrogens with zero attached hydrogens (tertiary/aromatic N) is 4. The largest absolute Gasteiger partial charge is 0.339 e. The van der Waals surface area contributed by atoms with E-state index in [1.54, 1.807) is 10.7 Å². The SMILES string of the molecule is Cl.O=C(c1ccn2ncnc2c1)N1CCC(C2CCNCC2)CC1. The molecule has 0 unspecified atom stereocenters. The van der Waals surface area contributed by atoms with Crippen molar-refractivity contribution in [2.45, 2.75) is 25.7 Å². The number of piperidine rings is 2. The second-order valence-corrected chi connectivity index (χ2v) is 6.70. The van der Waals surface area contributed by atoms with Crippen molar-refractivity contribution < 1.29 is 4.79 Å². The molecule has 1 amide bonds. The fraction of sp³-hybridized carbons (Fsp3) is 0.588. The van der Waals surface area contributed by atoms with Crippen LogP contribution >= 0.6 is 12.4 Å². The first kappa shape index (κ1) is 17.2. The van der Waals surface area contributed by atoms with E-state index in [2.05, 4.69) is 15.4 Å². The van der Waals surface area contributed by atoms with Crippen LogP contribution in [0.1, 0.15) is 36.0 Å². The highest BCUT2D eigenvalue weighted by Gasteiger charge is 2.29. The molecule has 130 valence electrons. The number of hydrogen-bond acceptors (Lipinski definition) is 4. The van der Waals surface area contributed by atoms with Gasteiger partial charge in [-0.1, -0.05) is 0 Å². The predicted molar refractivity (Wildman–Crippen MR) is 94.5 cm³/mol. The summed E-state index contributed by atoms with van der Waals surface area (Å²) in [4.78, 5) is 18.9. The lowest BCUT2D eigenvalue weighted by atomic mass is 9.79. The number of amides is 1. The zero-order valence-electron chi connectivity index (χ0n) is 13.7. The normalized spacial score (nSPS) is 20.1. The third kappa shape index (κ3) is 3.39. The molecule has 0 bridgehead atoms.